The van der Waals surface area contributed by atoms with Gasteiger partial charge in [-0.05, 0) is 36.6 Å². The van der Waals surface area contributed by atoms with Crippen LogP contribution in [0.1, 0.15) is 30.5 Å². The minimum atomic E-state index is 0.411. The van der Waals surface area contributed by atoms with Gasteiger partial charge in [0.15, 0.2) is 0 Å². The van der Waals surface area contributed by atoms with E-state index in [4.69, 9.17) is 11.6 Å². The molecule has 2 rings (SSSR count). The molecule has 0 bridgehead atoms. The van der Waals surface area contributed by atoms with Crippen LogP contribution < -0.4 is 10.6 Å². The third kappa shape index (κ3) is 4.76. The molecule has 3 heteroatoms. The first-order valence-electron chi connectivity index (χ1n) is 7.49. The molecule has 0 aliphatic rings. The Bertz CT molecular complexity index is 554. The number of anilines is 1. The van der Waals surface area contributed by atoms with Crippen molar-refractivity contribution in [1.82, 2.24) is 5.32 Å². The molecule has 0 saturated carbocycles. The highest BCUT2D eigenvalue weighted by molar-refractivity contribution is 6.30. The number of hydrogen-bond acceptors (Lipinski definition) is 2. The smallest absolute Gasteiger partial charge is 0.0426 e. The van der Waals surface area contributed by atoms with Crippen LogP contribution in [0.3, 0.4) is 0 Å². The zero-order valence-corrected chi connectivity index (χ0v) is 13.5. The van der Waals surface area contributed by atoms with Crippen molar-refractivity contribution in [2.45, 2.75) is 26.3 Å². The lowest BCUT2D eigenvalue weighted by Crippen LogP contribution is -2.26. The molecule has 0 aromatic heterocycles. The summed E-state index contributed by atoms with van der Waals surface area (Å²) in [4.78, 5) is 0. The van der Waals surface area contributed by atoms with E-state index >= 15 is 0 Å². The molecular weight excluding hydrogens is 280 g/mol. The van der Waals surface area contributed by atoms with Crippen LogP contribution in [0.5, 0.6) is 0 Å². The molecule has 0 amide bonds. The molecule has 2 N–H and O–H groups in total. The highest BCUT2D eigenvalue weighted by Crippen LogP contribution is 2.20. The number of benzene rings is 2. The molecule has 0 radical (unpaired) electrons. The van der Waals surface area contributed by atoms with Crippen LogP contribution in [0.4, 0.5) is 5.69 Å². The average molecular weight is 303 g/mol. The van der Waals surface area contributed by atoms with Gasteiger partial charge in [-0.2, -0.15) is 0 Å². The van der Waals surface area contributed by atoms with Crippen LogP contribution in [-0.2, 0) is 0 Å². The van der Waals surface area contributed by atoms with E-state index in [0.29, 0.717) is 6.04 Å². The quantitative estimate of drug-likeness (QED) is 0.718. The number of nitrogens with one attached hydrogen (secondary N) is 2. The molecule has 1 unspecified atom stereocenters. The van der Waals surface area contributed by atoms with Crippen molar-refractivity contribution >= 4 is 17.3 Å². The molecule has 0 spiro atoms. The van der Waals surface area contributed by atoms with Gasteiger partial charge in [-0.15, -0.1) is 0 Å². The summed E-state index contributed by atoms with van der Waals surface area (Å²) in [6.07, 6.45) is 1.08. The van der Waals surface area contributed by atoms with Gasteiger partial charge in [0.1, 0.15) is 0 Å². The van der Waals surface area contributed by atoms with E-state index in [-0.39, 0.29) is 0 Å². The van der Waals surface area contributed by atoms with E-state index in [1.54, 1.807) is 0 Å². The van der Waals surface area contributed by atoms with Gasteiger partial charge < -0.3 is 10.6 Å². The highest BCUT2D eigenvalue weighted by atomic mass is 35.5. The van der Waals surface area contributed by atoms with Gasteiger partial charge in [-0.25, -0.2) is 0 Å². The second-order valence-electron chi connectivity index (χ2n) is 5.21. The molecule has 2 nitrogen and oxygen atoms in total. The second kappa shape index (κ2) is 8.06. The fourth-order valence-corrected chi connectivity index (χ4v) is 2.58. The predicted octanol–water partition coefficient (Wildman–Crippen LogP) is 4.80. The Hall–Kier alpha value is -1.51. The predicted molar refractivity (Wildman–Crippen MR) is 92.2 cm³/mol. The number of halogens is 1. The van der Waals surface area contributed by atoms with E-state index in [2.05, 4.69) is 54.8 Å². The Morgan fingerprint density at radius 1 is 1.05 bits per heavy atom. The van der Waals surface area contributed by atoms with E-state index in [0.717, 1.165) is 30.2 Å². The molecule has 2 aromatic rings. The lowest BCUT2D eigenvalue weighted by Gasteiger charge is -2.18. The molecular formula is C18H23ClN2. The second-order valence-corrected chi connectivity index (χ2v) is 5.65. The van der Waals surface area contributed by atoms with Gasteiger partial charge in [-0.3, -0.25) is 0 Å². The van der Waals surface area contributed by atoms with E-state index in [9.17, 15) is 0 Å². The Morgan fingerprint density at radius 2 is 1.81 bits per heavy atom. The normalized spacial score (nSPS) is 12.1. The number of hydrogen-bond donors (Lipinski definition) is 2. The van der Waals surface area contributed by atoms with Crippen LogP contribution in [0.25, 0.3) is 0 Å². The summed E-state index contributed by atoms with van der Waals surface area (Å²) in [5, 5.41) is 7.80. The lowest BCUT2D eigenvalue weighted by molar-refractivity contribution is 0.531. The van der Waals surface area contributed by atoms with Gasteiger partial charge in [0.05, 0.1) is 0 Å². The SMILES string of the molecule is CCC(NCCNc1cc(Cl)ccc1C)c1ccccc1. The molecule has 0 saturated heterocycles. The third-order valence-electron chi connectivity index (χ3n) is 3.64. The lowest BCUT2D eigenvalue weighted by atomic mass is 10.0. The highest BCUT2D eigenvalue weighted by Gasteiger charge is 2.07. The Kier molecular flexibility index (Phi) is 6.09. The third-order valence-corrected chi connectivity index (χ3v) is 3.88. The van der Waals surface area contributed by atoms with Gasteiger partial charge in [0.2, 0.25) is 0 Å². The average Bonchev–Trinajstić information content (AvgIpc) is 2.51. The maximum absolute atomic E-state index is 6.03. The van der Waals surface area contributed by atoms with Crippen LogP contribution >= 0.6 is 11.6 Å². The molecule has 0 heterocycles. The molecule has 0 fully saturated rings. The van der Waals surface area contributed by atoms with Crippen LogP contribution in [-0.4, -0.2) is 13.1 Å². The molecule has 1 atom stereocenters. The van der Waals surface area contributed by atoms with Crippen LogP contribution in [0.2, 0.25) is 5.02 Å². The van der Waals surface area contributed by atoms with Gasteiger partial charge in [0, 0.05) is 29.8 Å². The first-order valence-corrected chi connectivity index (χ1v) is 7.87. The van der Waals surface area contributed by atoms with Gasteiger partial charge >= 0.3 is 0 Å². The van der Waals surface area contributed by atoms with Crippen molar-refractivity contribution in [3.05, 3.63) is 64.7 Å². The summed E-state index contributed by atoms with van der Waals surface area (Å²) < 4.78 is 0. The Labute approximate surface area is 132 Å². The molecule has 0 aliphatic heterocycles. The summed E-state index contributed by atoms with van der Waals surface area (Å²) in [5.74, 6) is 0. The van der Waals surface area contributed by atoms with Crippen molar-refractivity contribution in [3.8, 4) is 0 Å². The topological polar surface area (TPSA) is 24.1 Å². The first kappa shape index (κ1) is 15.9. The minimum Gasteiger partial charge on any atom is -0.384 e. The van der Waals surface area contributed by atoms with E-state index in [1.807, 2.05) is 18.2 Å². The standard InChI is InChI=1S/C18H23ClN2/c1-3-17(15-7-5-4-6-8-15)20-11-12-21-18-13-16(19)10-9-14(18)2/h4-10,13,17,20-21H,3,11-12H2,1-2H3. The summed E-state index contributed by atoms with van der Waals surface area (Å²) in [5.41, 5.74) is 3.67. The monoisotopic (exact) mass is 302 g/mol. The van der Waals surface area contributed by atoms with Gasteiger partial charge in [-0.1, -0.05) is 54.9 Å². The molecule has 112 valence electrons. The molecule has 21 heavy (non-hydrogen) atoms. The minimum absolute atomic E-state index is 0.411. The van der Waals surface area contributed by atoms with Crippen molar-refractivity contribution in [2.75, 3.05) is 18.4 Å². The summed E-state index contributed by atoms with van der Waals surface area (Å²) >= 11 is 6.03. The summed E-state index contributed by atoms with van der Waals surface area (Å²) in [6.45, 7) is 6.09. The largest absolute Gasteiger partial charge is 0.384 e. The number of rotatable bonds is 7. The molecule has 0 aliphatic carbocycles. The maximum atomic E-state index is 6.03. The van der Waals surface area contributed by atoms with E-state index in [1.165, 1.54) is 11.1 Å². The Balaban J connectivity index is 1.82. The summed E-state index contributed by atoms with van der Waals surface area (Å²) in [6, 6.07) is 16.9. The zero-order valence-electron chi connectivity index (χ0n) is 12.7. The zero-order chi connectivity index (χ0) is 15.1. The number of aryl methyl sites for hydroxylation is 1. The fraction of sp³-hybridized carbons (Fsp3) is 0.333. The fourth-order valence-electron chi connectivity index (χ4n) is 2.41. The van der Waals surface area contributed by atoms with E-state index < -0.39 is 0 Å². The first-order chi connectivity index (χ1) is 10.2. The van der Waals surface area contributed by atoms with Crippen LogP contribution in [0.15, 0.2) is 48.5 Å². The van der Waals surface area contributed by atoms with Crippen molar-refractivity contribution in [2.24, 2.45) is 0 Å². The van der Waals surface area contributed by atoms with Crippen molar-refractivity contribution in [1.29, 1.82) is 0 Å². The molecule has 2 aromatic carbocycles. The van der Waals surface area contributed by atoms with Crippen molar-refractivity contribution < 1.29 is 0 Å². The van der Waals surface area contributed by atoms with Crippen LogP contribution in [0, 0.1) is 6.92 Å². The van der Waals surface area contributed by atoms with Crippen molar-refractivity contribution in [3.63, 3.8) is 0 Å². The van der Waals surface area contributed by atoms with Gasteiger partial charge in [0.25, 0.3) is 0 Å². The maximum Gasteiger partial charge on any atom is 0.0426 e. The Morgan fingerprint density at radius 3 is 2.52 bits per heavy atom. The summed E-state index contributed by atoms with van der Waals surface area (Å²) in [7, 11) is 0.